The Hall–Kier alpha value is -1.94. The Morgan fingerprint density at radius 3 is 2.63 bits per heavy atom. The lowest BCUT2D eigenvalue weighted by Gasteiger charge is -2.13. The Balaban J connectivity index is 1.82. The van der Waals surface area contributed by atoms with E-state index in [0.717, 1.165) is 24.4 Å². The van der Waals surface area contributed by atoms with Crippen LogP contribution >= 0.6 is 0 Å². The van der Waals surface area contributed by atoms with Crippen molar-refractivity contribution in [3.8, 4) is 5.75 Å². The number of ether oxygens (including phenoxy) is 1. The summed E-state index contributed by atoms with van der Waals surface area (Å²) in [6.45, 7) is 2.91. The third-order valence-electron chi connectivity index (χ3n) is 2.96. The number of methoxy groups -OCH3 is 1. The smallest absolute Gasteiger partial charge is 0.118 e. The number of rotatable bonds is 6. The average Bonchev–Trinajstić information content (AvgIpc) is 2.47. The molecule has 0 fully saturated rings. The molecule has 0 spiro atoms. The third-order valence-corrected chi connectivity index (χ3v) is 2.96. The minimum atomic E-state index is 0.385. The topological polar surface area (TPSA) is 47.0 Å². The van der Waals surface area contributed by atoms with Crippen molar-refractivity contribution < 1.29 is 4.74 Å². The summed E-state index contributed by atoms with van der Waals surface area (Å²) in [5.74, 6) is 0.893. The van der Waals surface area contributed by atoms with Crippen LogP contribution in [0.4, 0.5) is 0 Å². The van der Waals surface area contributed by atoms with Crippen LogP contribution in [0.3, 0.4) is 0 Å². The molecule has 0 aliphatic heterocycles. The van der Waals surface area contributed by atoms with Crippen LogP contribution in [-0.4, -0.2) is 23.3 Å². The van der Waals surface area contributed by atoms with Crippen LogP contribution in [0, 0.1) is 0 Å². The Morgan fingerprint density at radius 1 is 1.21 bits per heavy atom. The summed E-state index contributed by atoms with van der Waals surface area (Å²) in [7, 11) is 1.68. The molecule has 1 heterocycles. The predicted molar refractivity (Wildman–Crippen MR) is 75.0 cm³/mol. The lowest BCUT2D eigenvalue weighted by atomic mass is 10.1. The Morgan fingerprint density at radius 2 is 2.00 bits per heavy atom. The van der Waals surface area contributed by atoms with Crippen LogP contribution in [0.25, 0.3) is 0 Å². The molecule has 0 aliphatic carbocycles. The van der Waals surface area contributed by atoms with Gasteiger partial charge in [-0.2, -0.15) is 10.2 Å². The van der Waals surface area contributed by atoms with Crippen LogP contribution in [-0.2, 0) is 13.0 Å². The van der Waals surface area contributed by atoms with E-state index in [1.165, 1.54) is 5.56 Å². The van der Waals surface area contributed by atoms with Gasteiger partial charge in [0.15, 0.2) is 0 Å². The number of benzene rings is 1. The van der Waals surface area contributed by atoms with Gasteiger partial charge in [-0.1, -0.05) is 12.1 Å². The van der Waals surface area contributed by atoms with E-state index < -0.39 is 0 Å². The molecule has 4 heteroatoms. The second-order valence-electron chi connectivity index (χ2n) is 4.55. The first kappa shape index (κ1) is 13.5. The fraction of sp³-hybridized carbons (Fsp3) is 0.333. The highest BCUT2D eigenvalue weighted by Gasteiger charge is 2.04. The molecule has 19 heavy (non-hydrogen) atoms. The van der Waals surface area contributed by atoms with E-state index in [1.807, 2.05) is 24.3 Å². The Kier molecular flexibility index (Phi) is 4.86. The highest BCUT2D eigenvalue weighted by Crippen LogP contribution is 2.12. The number of nitrogens with zero attached hydrogens (tertiary/aromatic N) is 2. The van der Waals surface area contributed by atoms with Gasteiger partial charge < -0.3 is 10.1 Å². The number of hydrogen-bond acceptors (Lipinski definition) is 4. The summed E-state index contributed by atoms with van der Waals surface area (Å²) < 4.78 is 5.15. The van der Waals surface area contributed by atoms with E-state index in [0.29, 0.717) is 6.04 Å². The fourth-order valence-corrected chi connectivity index (χ4v) is 1.89. The molecule has 0 saturated heterocycles. The van der Waals surface area contributed by atoms with Gasteiger partial charge >= 0.3 is 0 Å². The number of hydrogen-bond donors (Lipinski definition) is 1. The van der Waals surface area contributed by atoms with Crippen LogP contribution < -0.4 is 10.1 Å². The molecule has 0 radical (unpaired) electrons. The van der Waals surface area contributed by atoms with Crippen molar-refractivity contribution in [2.24, 2.45) is 0 Å². The summed E-state index contributed by atoms with van der Waals surface area (Å²) in [5.41, 5.74) is 2.25. The van der Waals surface area contributed by atoms with Gasteiger partial charge in [0.2, 0.25) is 0 Å². The van der Waals surface area contributed by atoms with Crippen molar-refractivity contribution in [3.05, 3.63) is 53.9 Å². The Labute approximate surface area is 113 Å². The standard InChI is InChI=1S/C15H19N3O/c1-12(16-11-14-4-3-9-17-18-14)10-13-5-7-15(19-2)8-6-13/h3-9,12,16H,10-11H2,1-2H3. The van der Waals surface area contributed by atoms with E-state index >= 15 is 0 Å². The van der Waals surface area contributed by atoms with Gasteiger partial charge in [0.05, 0.1) is 12.8 Å². The van der Waals surface area contributed by atoms with Gasteiger partial charge in [0.25, 0.3) is 0 Å². The molecule has 1 aromatic carbocycles. The maximum Gasteiger partial charge on any atom is 0.118 e. The molecular weight excluding hydrogens is 238 g/mol. The normalized spacial score (nSPS) is 12.1. The first-order valence-corrected chi connectivity index (χ1v) is 6.41. The van der Waals surface area contributed by atoms with Gasteiger partial charge in [0, 0.05) is 18.8 Å². The van der Waals surface area contributed by atoms with Gasteiger partial charge in [-0.05, 0) is 43.2 Å². The van der Waals surface area contributed by atoms with E-state index in [4.69, 9.17) is 4.74 Å². The van der Waals surface area contributed by atoms with Crippen LogP contribution in [0.5, 0.6) is 5.75 Å². The van der Waals surface area contributed by atoms with Crippen LogP contribution in [0.1, 0.15) is 18.2 Å². The van der Waals surface area contributed by atoms with Crippen molar-refractivity contribution in [2.45, 2.75) is 25.9 Å². The summed E-state index contributed by atoms with van der Waals surface area (Å²) in [5, 5.41) is 11.4. The SMILES string of the molecule is COc1ccc(CC(C)NCc2cccnn2)cc1. The largest absolute Gasteiger partial charge is 0.497 e. The first-order valence-electron chi connectivity index (χ1n) is 6.41. The van der Waals surface area contributed by atoms with Crippen molar-refractivity contribution in [3.63, 3.8) is 0 Å². The average molecular weight is 257 g/mol. The second kappa shape index (κ2) is 6.85. The van der Waals surface area contributed by atoms with Crippen LogP contribution in [0.2, 0.25) is 0 Å². The van der Waals surface area contributed by atoms with Crippen molar-refractivity contribution in [1.82, 2.24) is 15.5 Å². The van der Waals surface area contributed by atoms with Gasteiger partial charge in [0.1, 0.15) is 5.75 Å². The highest BCUT2D eigenvalue weighted by atomic mass is 16.5. The van der Waals surface area contributed by atoms with Gasteiger partial charge in [-0.3, -0.25) is 0 Å². The molecule has 1 N–H and O–H groups in total. The molecule has 4 nitrogen and oxygen atoms in total. The summed E-state index contributed by atoms with van der Waals surface area (Å²) in [4.78, 5) is 0. The maximum atomic E-state index is 5.15. The molecule has 0 bridgehead atoms. The zero-order valence-electron chi connectivity index (χ0n) is 11.3. The van der Waals surface area contributed by atoms with Gasteiger partial charge in [-0.15, -0.1) is 0 Å². The van der Waals surface area contributed by atoms with Crippen molar-refractivity contribution in [2.75, 3.05) is 7.11 Å². The quantitative estimate of drug-likeness (QED) is 0.862. The lowest BCUT2D eigenvalue weighted by Crippen LogP contribution is -2.28. The third kappa shape index (κ3) is 4.34. The lowest BCUT2D eigenvalue weighted by molar-refractivity contribution is 0.414. The Bertz CT molecular complexity index is 485. The minimum Gasteiger partial charge on any atom is -0.497 e. The van der Waals surface area contributed by atoms with E-state index in [2.05, 4.69) is 34.6 Å². The molecule has 0 amide bonds. The van der Waals surface area contributed by atoms with Crippen molar-refractivity contribution in [1.29, 1.82) is 0 Å². The van der Waals surface area contributed by atoms with E-state index in [1.54, 1.807) is 13.3 Å². The molecular formula is C15H19N3O. The molecule has 1 atom stereocenters. The zero-order valence-corrected chi connectivity index (χ0v) is 11.3. The highest BCUT2D eigenvalue weighted by molar-refractivity contribution is 5.27. The summed E-state index contributed by atoms with van der Waals surface area (Å²) in [6.07, 6.45) is 2.66. The molecule has 2 rings (SSSR count). The molecule has 1 unspecified atom stereocenters. The van der Waals surface area contributed by atoms with Crippen molar-refractivity contribution >= 4 is 0 Å². The summed E-state index contributed by atoms with van der Waals surface area (Å²) in [6, 6.07) is 12.4. The molecule has 0 saturated carbocycles. The molecule has 1 aromatic heterocycles. The first-order chi connectivity index (χ1) is 9.28. The number of nitrogens with one attached hydrogen (secondary N) is 1. The fourth-order valence-electron chi connectivity index (χ4n) is 1.89. The second-order valence-corrected chi connectivity index (χ2v) is 4.55. The zero-order chi connectivity index (χ0) is 13.5. The van der Waals surface area contributed by atoms with Gasteiger partial charge in [-0.25, -0.2) is 0 Å². The maximum absolute atomic E-state index is 5.15. The minimum absolute atomic E-state index is 0.385. The molecule has 2 aromatic rings. The van der Waals surface area contributed by atoms with Crippen LogP contribution in [0.15, 0.2) is 42.6 Å². The number of aromatic nitrogens is 2. The molecule has 0 aliphatic rings. The monoisotopic (exact) mass is 257 g/mol. The predicted octanol–water partition coefficient (Wildman–Crippen LogP) is 2.21. The van der Waals surface area contributed by atoms with E-state index in [-0.39, 0.29) is 0 Å². The van der Waals surface area contributed by atoms with E-state index in [9.17, 15) is 0 Å². The molecule has 100 valence electrons. The summed E-state index contributed by atoms with van der Waals surface area (Å²) >= 11 is 0.